The second-order valence-electron chi connectivity index (χ2n) is 8.28. The van der Waals surface area contributed by atoms with Gasteiger partial charge in [-0.05, 0) is 34.9 Å². The van der Waals surface area contributed by atoms with Crippen molar-refractivity contribution in [3.05, 3.63) is 40.8 Å². The summed E-state index contributed by atoms with van der Waals surface area (Å²) in [5.41, 5.74) is 2.60. The van der Waals surface area contributed by atoms with Gasteiger partial charge >= 0.3 is 0 Å². The van der Waals surface area contributed by atoms with Gasteiger partial charge in [-0.2, -0.15) is 0 Å². The molecule has 140 valence electrons. The van der Waals surface area contributed by atoms with Crippen LogP contribution in [0.1, 0.15) is 35.5 Å². The van der Waals surface area contributed by atoms with Crippen LogP contribution in [-0.4, -0.2) is 32.1 Å². The molecule has 0 amide bonds. The standard InChI is InChI=1S/C22H23NO2S2/c1-22(2)12-15-19(18-11-14-5-3-4-6-17(14)26-18)21(23-7-9-25-10-8-23)27-20(15)16(24)13-22/h3-6,11H,7-10,12-13H2,1-2H3. The van der Waals surface area contributed by atoms with Crippen molar-refractivity contribution in [3.8, 4) is 10.4 Å². The maximum Gasteiger partial charge on any atom is 0.173 e. The van der Waals surface area contributed by atoms with Gasteiger partial charge < -0.3 is 9.64 Å². The molecule has 0 bridgehead atoms. The molecule has 5 heteroatoms. The molecule has 1 aliphatic carbocycles. The Morgan fingerprint density at radius 1 is 1.07 bits per heavy atom. The normalized spacial score (nSPS) is 19.5. The Bertz CT molecular complexity index is 991. The van der Waals surface area contributed by atoms with Crippen molar-refractivity contribution in [2.75, 3.05) is 31.2 Å². The topological polar surface area (TPSA) is 29.5 Å². The molecule has 0 spiro atoms. The Morgan fingerprint density at radius 3 is 2.63 bits per heavy atom. The van der Waals surface area contributed by atoms with Crippen molar-refractivity contribution in [2.45, 2.75) is 26.7 Å². The monoisotopic (exact) mass is 397 g/mol. The molecule has 3 heterocycles. The predicted molar refractivity (Wildman–Crippen MR) is 115 cm³/mol. The number of hydrogen-bond acceptors (Lipinski definition) is 5. The van der Waals surface area contributed by atoms with Gasteiger partial charge in [0.1, 0.15) is 5.00 Å². The molecule has 27 heavy (non-hydrogen) atoms. The third-order valence-corrected chi connectivity index (χ3v) is 7.97. The zero-order valence-corrected chi connectivity index (χ0v) is 17.3. The quantitative estimate of drug-likeness (QED) is 0.562. The number of hydrogen-bond donors (Lipinski definition) is 0. The number of carbonyl (C=O) groups excluding carboxylic acids is 1. The van der Waals surface area contributed by atoms with Gasteiger partial charge in [0.05, 0.1) is 18.1 Å². The highest BCUT2D eigenvalue weighted by Crippen LogP contribution is 2.51. The molecule has 0 radical (unpaired) electrons. The van der Waals surface area contributed by atoms with E-state index in [1.807, 2.05) is 11.3 Å². The molecule has 2 aromatic heterocycles. The largest absolute Gasteiger partial charge is 0.378 e. The van der Waals surface area contributed by atoms with Crippen LogP contribution in [0, 0.1) is 5.41 Å². The summed E-state index contributed by atoms with van der Waals surface area (Å²) in [5, 5.41) is 2.55. The highest BCUT2D eigenvalue weighted by atomic mass is 32.1. The molecule has 0 N–H and O–H groups in total. The van der Waals surface area contributed by atoms with Crippen LogP contribution in [-0.2, 0) is 11.2 Å². The van der Waals surface area contributed by atoms with Crippen LogP contribution in [0.3, 0.4) is 0 Å². The van der Waals surface area contributed by atoms with E-state index in [1.165, 1.54) is 31.1 Å². The van der Waals surface area contributed by atoms with Crippen molar-refractivity contribution < 1.29 is 9.53 Å². The lowest BCUT2D eigenvalue weighted by atomic mass is 9.75. The zero-order chi connectivity index (χ0) is 18.6. The van der Waals surface area contributed by atoms with Gasteiger partial charge in [0.25, 0.3) is 0 Å². The SMILES string of the molecule is CC1(C)CC(=O)c2sc(N3CCOCC3)c(-c3cc4ccccc4s3)c2C1. The number of nitrogens with zero attached hydrogens (tertiary/aromatic N) is 1. The number of morpholine rings is 1. The second-order valence-corrected chi connectivity index (χ2v) is 10.4. The molecule has 2 aliphatic rings. The van der Waals surface area contributed by atoms with Crippen molar-refractivity contribution in [1.82, 2.24) is 0 Å². The van der Waals surface area contributed by atoms with Crippen LogP contribution in [0.5, 0.6) is 0 Å². The zero-order valence-electron chi connectivity index (χ0n) is 15.7. The van der Waals surface area contributed by atoms with E-state index in [1.54, 1.807) is 11.3 Å². The summed E-state index contributed by atoms with van der Waals surface area (Å²) in [4.78, 5) is 17.6. The van der Waals surface area contributed by atoms with Crippen molar-refractivity contribution >= 4 is 43.5 Å². The van der Waals surface area contributed by atoms with Gasteiger partial charge in [0.15, 0.2) is 5.78 Å². The highest BCUT2D eigenvalue weighted by Gasteiger charge is 2.37. The Labute approximate surface area is 167 Å². The number of thiophene rings is 2. The van der Waals surface area contributed by atoms with Crippen LogP contribution < -0.4 is 4.90 Å². The third-order valence-electron chi connectivity index (χ3n) is 5.51. The van der Waals surface area contributed by atoms with Crippen molar-refractivity contribution in [2.24, 2.45) is 5.41 Å². The van der Waals surface area contributed by atoms with E-state index in [4.69, 9.17) is 4.74 Å². The number of anilines is 1. The van der Waals surface area contributed by atoms with Gasteiger partial charge in [-0.25, -0.2) is 0 Å². The fourth-order valence-electron chi connectivity index (χ4n) is 4.25. The minimum absolute atomic E-state index is 0.0267. The second kappa shape index (κ2) is 6.43. The smallest absolute Gasteiger partial charge is 0.173 e. The average Bonchev–Trinajstić information content (AvgIpc) is 3.22. The molecule has 3 aromatic rings. The molecule has 0 atom stereocenters. The Balaban J connectivity index is 1.73. The molecular formula is C22H23NO2S2. The average molecular weight is 398 g/mol. The van der Waals surface area contributed by atoms with Gasteiger partial charge in [-0.3, -0.25) is 4.79 Å². The van der Waals surface area contributed by atoms with E-state index in [0.717, 1.165) is 37.6 Å². The summed E-state index contributed by atoms with van der Waals surface area (Å²) < 4.78 is 6.88. The fraction of sp³-hybridized carbons (Fsp3) is 0.409. The number of ketones is 1. The van der Waals surface area contributed by atoms with Crippen molar-refractivity contribution in [3.63, 3.8) is 0 Å². The van der Waals surface area contributed by atoms with Gasteiger partial charge in [-0.1, -0.05) is 32.0 Å². The van der Waals surface area contributed by atoms with Crippen molar-refractivity contribution in [1.29, 1.82) is 0 Å². The van der Waals surface area contributed by atoms with E-state index in [-0.39, 0.29) is 5.41 Å². The number of ether oxygens (including phenoxy) is 1. The summed E-state index contributed by atoms with van der Waals surface area (Å²) >= 11 is 3.55. The van der Waals surface area contributed by atoms with E-state index in [2.05, 4.69) is 49.1 Å². The number of benzene rings is 1. The summed E-state index contributed by atoms with van der Waals surface area (Å²) in [5.74, 6) is 0.313. The molecular weight excluding hydrogens is 374 g/mol. The lowest BCUT2D eigenvalue weighted by molar-refractivity contribution is 0.0918. The summed E-state index contributed by atoms with van der Waals surface area (Å²) in [6.07, 6.45) is 1.62. The number of carbonyl (C=O) groups is 1. The first-order valence-corrected chi connectivity index (χ1v) is 11.2. The molecule has 1 aliphatic heterocycles. The number of Topliss-reactive ketones (excluding diaryl/α,β-unsaturated/α-hetero) is 1. The molecule has 1 aromatic carbocycles. The summed E-state index contributed by atoms with van der Waals surface area (Å²) in [6.45, 7) is 7.74. The number of fused-ring (bicyclic) bond motifs is 2. The predicted octanol–water partition coefficient (Wildman–Crippen LogP) is 5.62. The maximum absolute atomic E-state index is 12.9. The fourth-order valence-corrected chi connectivity index (χ4v) is 6.77. The first-order chi connectivity index (χ1) is 13.0. The first-order valence-electron chi connectivity index (χ1n) is 9.52. The minimum Gasteiger partial charge on any atom is -0.378 e. The van der Waals surface area contributed by atoms with E-state index >= 15 is 0 Å². The van der Waals surface area contributed by atoms with Crippen LogP contribution in [0.2, 0.25) is 0 Å². The van der Waals surface area contributed by atoms with Crippen LogP contribution in [0.25, 0.3) is 20.5 Å². The third kappa shape index (κ3) is 3.02. The summed E-state index contributed by atoms with van der Waals surface area (Å²) in [6, 6.07) is 10.9. The van der Waals surface area contributed by atoms with Crippen LogP contribution >= 0.6 is 22.7 Å². The molecule has 0 saturated carbocycles. The first kappa shape index (κ1) is 17.4. The minimum atomic E-state index is 0.0267. The van der Waals surface area contributed by atoms with Gasteiger partial charge in [0, 0.05) is 34.7 Å². The van der Waals surface area contributed by atoms with Crippen LogP contribution in [0.4, 0.5) is 5.00 Å². The van der Waals surface area contributed by atoms with Gasteiger partial charge in [0.2, 0.25) is 0 Å². The summed E-state index contributed by atoms with van der Waals surface area (Å²) in [7, 11) is 0. The molecule has 1 fully saturated rings. The van der Waals surface area contributed by atoms with E-state index in [9.17, 15) is 4.79 Å². The Kier molecular flexibility index (Phi) is 4.15. The highest BCUT2D eigenvalue weighted by molar-refractivity contribution is 7.23. The molecule has 5 rings (SSSR count). The van der Waals surface area contributed by atoms with E-state index < -0.39 is 0 Å². The maximum atomic E-state index is 12.9. The number of rotatable bonds is 2. The Morgan fingerprint density at radius 2 is 1.85 bits per heavy atom. The lowest BCUT2D eigenvalue weighted by Gasteiger charge is -2.30. The molecule has 3 nitrogen and oxygen atoms in total. The van der Waals surface area contributed by atoms with E-state index in [0.29, 0.717) is 12.2 Å². The molecule has 1 saturated heterocycles. The lowest BCUT2D eigenvalue weighted by Crippen LogP contribution is -2.35. The van der Waals surface area contributed by atoms with Gasteiger partial charge in [-0.15, -0.1) is 22.7 Å². The molecule has 0 unspecified atom stereocenters. The van der Waals surface area contributed by atoms with Crippen LogP contribution in [0.15, 0.2) is 30.3 Å². The Hall–Kier alpha value is -1.69.